The fraction of sp³-hybridized carbons (Fsp3) is 0.273. The van der Waals surface area contributed by atoms with Gasteiger partial charge in [0, 0.05) is 19.3 Å². The minimum absolute atomic E-state index is 0.0415. The third-order valence-corrected chi connectivity index (χ3v) is 6.41. The topological polar surface area (TPSA) is 146 Å². The first-order valence-corrected chi connectivity index (χ1v) is 12.3. The van der Waals surface area contributed by atoms with Crippen molar-refractivity contribution in [1.29, 1.82) is 0 Å². The Morgan fingerprint density at radius 1 is 1.15 bits per heavy atom. The van der Waals surface area contributed by atoms with Crippen LogP contribution >= 0.6 is 11.3 Å². The second-order valence-electron chi connectivity index (χ2n) is 8.20. The normalized spacial score (nSPS) is 13.9. The van der Waals surface area contributed by atoms with Crippen molar-refractivity contribution in [3.8, 4) is 10.4 Å². The number of anilines is 2. The molecule has 210 valence electrons. The van der Waals surface area contributed by atoms with Crippen molar-refractivity contribution in [2.75, 3.05) is 36.5 Å². The molecule has 40 heavy (non-hydrogen) atoms. The number of hydrogen-bond donors (Lipinski definition) is 3. The van der Waals surface area contributed by atoms with E-state index in [0.29, 0.717) is 55.2 Å². The van der Waals surface area contributed by atoms with Crippen molar-refractivity contribution >= 4 is 45.9 Å². The van der Waals surface area contributed by atoms with Crippen molar-refractivity contribution in [3.05, 3.63) is 47.5 Å². The maximum atomic E-state index is 14.0. The Bertz CT molecular complexity index is 1650. The van der Waals surface area contributed by atoms with Crippen molar-refractivity contribution in [2.24, 2.45) is 0 Å². The van der Waals surface area contributed by atoms with Gasteiger partial charge >= 0.3 is 12.1 Å². The van der Waals surface area contributed by atoms with Gasteiger partial charge < -0.3 is 25.0 Å². The van der Waals surface area contributed by atoms with Crippen LogP contribution < -0.4 is 10.2 Å². The fourth-order valence-electron chi connectivity index (χ4n) is 3.72. The minimum atomic E-state index is -5.08. The average molecular weight is 584 g/mol. The highest BCUT2D eigenvalue weighted by Gasteiger charge is 2.38. The summed E-state index contributed by atoms with van der Waals surface area (Å²) in [6.45, 7) is 2.74. The van der Waals surface area contributed by atoms with E-state index in [9.17, 15) is 22.0 Å². The monoisotopic (exact) mass is 583 g/mol. The van der Waals surface area contributed by atoms with Gasteiger partial charge in [-0.25, -0.2) is 18.6 Å². The molecule has 1 aliphatic heterocycles. The van der Waals surface area contributed by atoms with Gasteiger partial charge in [-0.2, -0.15) is 32.8 Å². The molecule has 5 heterocycles. The van der Waals surface area contributed by atoms with Crippen molar-refractivity contribution in [3.63, 3.8) is 0 Å². The van der Waals surface area contributed by atoms with Gasteiger partial charge in [-0.3, -0.25) is 4.98 Å². The quantitative estimate of drug-likeness (QED) is 0.263. The number of aromatic amines is 1. The number of nitrogens with zero attached hydrogens (tertiary/aromatic N) is 7. The molecule has 1 aliphatic rings. The first-order valence-electron chi connectivity index (χ1n) is 11.5. The van der Waals surface area contributed by atoms with Gasteiger partial charge in [0.2, 0.25) is 11.9 Å². The fourth-order valence-corrected chi connectivity index (χ4v) is 4.35. The number of carbonyl (C=O) groups is 1. The van der Waals surface area contributed by atoms with Crippen LogP contribution in [0.5, 0.6) is 0 Å². The molecule has 0 bridgehead atoms. The number of benzene rings is 1. The van der Waals surface area contributed by atoms with E-state index in [0.717, 1.165) is 16.5 Å². The van der Waals surface area contributed by atoms with Crippen LogP contribution in [-0.2, 0) is 16.1 Å². The number of aromatic nitrogens is 7. The van der Waals surface area contributed by atoms with Crippen LogP contribution in [0.3, 0.4) is 0 Å². The number of ether oxygens (including phenoxy) is 1. The largest absolute Gasteiger partial charge is 0.490 e. The van der Waals surface area contributed by atoms with Crippen LogP contribution in [-0.4, -0.2) is 78.1 Å². The van der Waals surface area contributed by atoms with Crippen LogP contribution in [0.4, 0.5) is 33.8 Å². The number of aliphatic carboxylic acids is 1. The number of imidazole rings is 1. The Kier molecular flexibility index (Phi) is 7.44. The molecule has 3 N–H and O–H groups in total. The number of morpholine rings is 1. The number of rotatable bonds is 5. The number of carboxylic acids is 1. The summed E-state index contributed by atoms with van der Waals surface area (Å²) in [6.07, 6.45) is -1.58. The zero-order chi connectivity index (χ0) is 28.4. The van der Waals surface area contributed by atoms with E-state index in [1.54, 1.807) is 22.4 Å². The maximum Gasteiger partial charge on any atom is 0.490 e. The highest BCUT2D eigenvalue weighted by molar-refractivity contribution is 7.13. The third-order valence-electron chi connectivity index (χ3n) is 5.60. The number of carboxylic acid groups (broad SMARTS) is 1. The number of halogens is 5. The lowest BCUT2D eigenvalue weighted by Gasteiger charge is -2.27. The lowest BCUT2D eigenvalue weighted by atomic mass is 10.3. The summed E-state index contributed by atoms with van der Waals surface area (Å²) in [5, 5.41) is 14.8. The summed E-state index contributed by atoms with van der Waals surface area (Å²) in [7, 11) is 0. The van der Waals surface area contributed by atoms with Gasteiger partial charge in [0.15, 0.2) is 17.3 Å². The standard InChI is InChI=1S/C20H17F2N9OS.C2HF3O2/c21-12-1-2-13-17(16(12)22)27-15(26-13)9-24-19-29-20(30-3-5-32-6-4-30)28-18-11(7-25-31(18)19)14-8-23-10-33-14;3-2(4,5)1(6)7/h1-2,7-8,10H,3-6,9H2,(H,26,27)(H,24,28,29);(H,6,7). The molecule has 0 amide bonds. The second kappa shape index (κ2) is 11.0. The van der Waals surface area contributed by atoms with Crippen LogP contribution in [0.15, 0.2) is 30.0 Å². The number of alkyl halides is 3. The summed E-state index contributed by atoms with van der Waals surface area (Å²) in [5.74, 6) is -3.23. The Morgan fingerprint density at radius 3 is 2.58 bits per heavy atom. The molecule has 12 nitrogen and oxygen atoms in total. The lowest BCUT2D eigenvalue weighted by molar-refractivity contribution is -0.192. The van der Waals surface area contributed by atoms with Gasteiger partial charge in [0.25, 0.3) is 0 Å². The highest BCUT2D eigenvalue weighted by atomic mass is 32.1. The zero-order valence-electron chi connectivity index (χ0n) is 20.1. The highest BCUT2D eigenvalue weighted by Crippen LogP contribution is 2.29. The van der Waals surface area contributed by atoms with Gasteiger partial charge in [-0.15, -0.1) is 11.3 Å². The third kappa shape index (κ3) is 5.62. The number of fused-ring (bicyclic) bond motifs is 2. The van der Waals surface area contributed by atoms with Crippen LogP contribution in [0.25, 0.3) is 27.1 Å². The predicted octanol–water partition coefficient (Wildman–Crippen LogP) is 3.48. The number of hydrogen-bond acceptors (Lipinski definition) is 10. The van der Waals surface area contributed by atoms with E-state index in [1.165, 1.54) is 17.4 Å². The number of H-pyrrole nitrogens is 1. The molecule has 0 aliphatic carbocycles. The summed E-state index contributed by atoms with van der Waals surface area (Å²) < 4.78 is 66.4. The SMILES string of the molecule is Fc1ccc2[nH]c(CNc3nc(N4CCOCC4)nc4c(-c5cncs5)cnn34)nc2c1F.O=C(O)C(F)(F)F. The molecule has 6 rings (SSSR count). The van der Waals surface area contributed by atoms with Crippen LogP contribution in [0, 0.1) is 11.6 Å². The Morgan fingerprint density at radius 2 is 1.90 bits per heavy atom. The first-order chi connectivity index (χ1) is 19.1. The molecular formula is C22H18F5N9O3S. The Hall–Kier alpha value is -4.45. The number of nitrogens with one attached hydrogen (secondary N) is 2. The molecule has 4 aromatic heterocycles. The molecule has 5 aromatic rings. The Balaban J connectivity index is 0.000000411. The van der Waals surface area contributed by atoms with E-state index in [-0.39, 0.29) is 12.1 Å². The molecule has 1 saturated heterocycles. The van der Waals surface area contributed by atoms with Crippen molar-refractivity contribution in [2.45, 2.75) is 12.7 Å². The predicted molar refractivity (Wildman–Crippen MR) is 132 cm³/mol. The average Bonchev–Trinajstić information content (AvgIpc) is 3.69. The van der Waals surface area contributed by atoms with Gasteiger partial charge in [0.1, 0.15) is 11.3 Å². The second-order valence-corrected chi connectivity index (χ2v) is 9.09. The summed E-state index contributed by atoms with van der Waals surface area (Å²) in [6, 6.07) is 2.53. The maximum absolute atomic E-state index is 14.0. The Labute approximate surface area is 224 Å². The molecule has 1 aromatic carbocycles. The zero-order valence-corrected chi connectivity index (χ0v) is 20.9. The van der Waals surface area contributed by atoms with Gasteiger partial charge in [-0.1, -0.05) is 0 Å². The van der Waals surface area contributed by atoms with Crippen molar-refractivity contribution in [1.82, 2.24) is 34.5 Å². The van der Waals surface area contributed by atoms with Crippen molar-refractivity contribution < 1.29 is 36.6 Å². The van der Waals surface area contributed by atoms with E-state index in [1.807, 2.05) is 0 Å². The molecule has 0 spiro atoms. The minimum Gasteiger partial charge on any atom is -0.475 e. The van der Waals surface area contributed by atoms with Crippen LogP contribution in [0.2, 0.25) is 0 Å². The molecule has 0 radical (unpaired) electrons. The van der Waals surface area contributed by atoms with Gasteiger partial charge in [-0.05, 0) is 12.1 Å². The molecule has 1 fully saturated rings. The van der Waals surface area contributed by atoms with Gasteiger partial charge in [0.05, 0.1) is 47.4 Å². The number of thiazole rings is 1. The summed E-state index contributed by atoms with van der Waals surface area (Å²) >= 11 is 1.50. The molecule has 0 atom stereocenters. The molecule has 18 heteroatoms. The lowest BCUT2D eigenvalue weighted by Crippen LogP contribution is -2.37. The summed E-state index contributed by atoms with van der Waals surface area (Å²) in [5.41, 5.74) is 3.61. The molecule has 0 unspecified atom stereocenters. The van der Waals surface area contributed by atoms with E-state index in [2.05, 4.69) is 35.3 Å². The smallest absolute Gasteiger partial charge is 0.475 e. The molecule has 0 saturated carbocycles. The summed E-state index contributed by atoms with van der Waals surface area (Å²) in [4.78, 5) is 32.7. The first kappa shape index (κ1) is 27.1. The van der Waals surface area contributed by atoms with E-state index >= 15 is 0 Å². The van der Waals surface area contributed by atoms with Crippen LogP contribution in [0.1, 0.15) is 5.82 Å². The van der Waals surface area contributed by atoms with E-state index in [4.69, 9.17) is 19.6 Å². The van der Waals surface area contributed by atoms with E-state index < -0.39 is 23.8 Å². The molecular weight excluding hydrogens is 565 g/mol.